The van der Waals surface area contributed by atoms with Gasteiger partial charge in [-0.2, -0.15) is 5.26 Å². The van der Waals surface area contributed by atoms with Gasteiger partial charge in [0.2, 0.25) is 0 Å². The Morgan fingerprint density at radius 2 is 1.62 bits per heavy atom. The zero-order valence-corrected chi connectivity index (χ0v) is 11.5. The summed E-state index contributed by atoms with van der Waals surface area (Å²) in [6.07, 6.45) is -0.126. The zero-order valence-electron chi connectivity index (χ0n) is 11.5. The molecule has 1 amide bonds. The van der Waals surface area contributed by atoms with Crippen molar-refractivity contribution in [2.24, 2.45) is 0 Å². The van der Waals surface area contributed by atoms with Crippen LogP contribution in [0.2, 0.25) is 0 Å². The lowest BCUT2D eigenvalue weighted by Crippen LogP contribution is -2.35. The van der Waals surface area contributed by atoms with Gasteiger partial charge in [-0.3, -0.25) is 0 Å². The molecule has 0 aliphatic heterocycles. The number of carbonyl (C=O) groups excluding carboxylic acids is 1. The van der Waals surface area contributed by atoms with Crippen molar-refractivity contribution in [3.8, 4) is 6.07 Å². The molecule has 1 atom stereocenters. The van der Waals surface area contributed by atoms with Crippen LogP contribution in [0.3, 0.4) is 0 Å². The van der Waals surface area contributed by atoms with Crippen LogP contribution in [0.5, 0.6) is 0 Å². The third-order valence-corrected chi connectivity index (χ3v) is 2.94. The normalized spacial score (nSPS) is 11.2. The Morgan fingerprint density at radius 1 is 1.05 bits per heavy atom. The molecule has 0 spiro atoms. The molecule has 0 aliphatic rings. The number of carbonyl (C=O) groups is 1. The molecule has 0 radical (unpaired) electrons. The van der Waals surface area contributed by atoms with Gasteiger partial charge in [-0.1, -0.05) is 60.7 Å². The molecule has 21 heavy (non-hydrogen) atoms. The van der Waals surface area contributed by atoms with Crippen LogP contribution >= 0.6 is 0 Å². The molecule has 106 valence electrons. The molecule has 2 rings (SSSR count). The maximum atomic E-state index is 11.7. The number of nitrogens with zero attached hydrogens (tertiary/aromatic N) is 1. The number of alkyl carbamates (subject to hydrolysis) is 1. The first-order chi connectivity index (χ1) is 10.3. The van der Waals surface area contributed by atoms with Crippen LogP contribution in [0.15, 0.2) is 60.7 Å². The maximum absolute atomic E-state index is 11.7. The van der Waals surface area contributed by atoms with Crippen LogP contribution in [0, 0.1) is 11.3 Å². The molecule has 0 fully saturated rings. The molecular formula is C17H16N2O2. The van der Waals surface area contributed by atoms with Gasteiger partial charge in [-0.25, -0.2) is 4.79 Å². The summed E-state index contributed by atoms with van der Waals surface area (Å²) < 4.78 is 5.10. The third kappa shape index (κ3) is 5.00. The summed E-state index contributed by atoms with van der Waals surface area (Å²) in [5.41, 5.74) is 1.90. The molecular weight excluding hydrogens is 264 g/mol. The molecule has 2 aromatic carbocycles. The molecule has 0 bridgehead atoms. The first-order valence-corrected chi connectivity index (χ1v) is 6.68. The first kappa shape index (κ1) is 14.6. The van der Waals surface area contributed by atoms with Crippen molar-refractivity contribution in [2.75, 3.05) is 0 Å². The van der Waals surface area contributed by atoms with E-state index in [4.69, 9.17) is 10.00 Å². The van der Waals surface area contributed by atoms with Gasteiger partial charge in [0.15, 0.2) is 0 Å². The fraction of sp³-hybridized carbons (Fsp3) is 0.176. The summed E-state index contributed by atoms with van der Waals surface area (Å²) in [6, 6.07) is 20.4. The van der Waals surface area contributed by atoms with Crippen molar-refractivity contribution in [3.05, 3.63) is 71.8 Å². The van der Waals surface area contributed by atoms with Crippen LogP contribution in [0.1, 0.15) is 11.1 Å². The summed E-state index contributed by atoms with van der Waals surface area (Å²) >= 11 is 0. The zero-order chi connectivity index (χ0) is 14.9. The average Bonchev–Trinajstić information content (AvgIpc) is 2.54. The number of nitriles is 1. The van der Waals surface area contributed by atoms with Crippen LogP contribution in [0.4, 0.5) is 4.79 Å². The Kier molecular flexibility index (Phi) is 5.36. The van der Waals surface area contributed by atoms with Gasteiger partial charge in [-0.15, -0.1) is 0 Å². The summed E-state index contributed by atoms with van der Waals surface area (Å²) in [4.78, 5) is 11.7. The summed E-state index contributed by atoms with van der Waals surface area (Å²) in [5, 5.41) is 11.7. The first-order valence-electron chi connectivity index (χ1n) is 6.68. The fourth-order valence-electron chi connectivity index (χ4n) is 1.89. The molecule has 0 heterocycles. The molecule has 1 N–H and O–H groups in total. The second-order valence-corrected chi connectivity index (χ2v) is 4.58. The van der Waals surface area contributed by atoms with E-state index in [-0.39, 0.29) is 6.61 Å². The monoisotopic (exact) mass is 280 g/mol. The number of nitrogens with one attached hydrogen (secondary N) is 1. The van der Waals surface area contributed by atoms with Gasteiger partial charge in [0.05, 0.1) is 6.07 Å². The quantitative estimate of drug-likeness (QED) is 0.915. The molecule has 0 saturated heterocycles. The number of rotatable bonds is 5. The number of amides is 1. The summed E-state index contributed by atoms with van der Waals surface area (Å²) in [6.45, 7) is 0.191. The summed E-state index contributed by atoms with van der Waals surface area (Å²) in [5.74, 6) is 0. The fourth-order valence-corrected chi connectivity index (χ4v) is 1.89. The number of hydrogen-bond donors (Lipinski definition) is 1. The second kappa shape index (κ2) is 7.71. The Labute approximate surface area is 124 Å². The molecule has 2 aromatic rings. The lowest BCUT2D eigenvalue weighted by molar-refractivity contribution is 0.137. The van der Waals surface area contributed by atoms with Gasteiger partial charge >= 0.3 is 6.09 Å². The van der Waals surface area contributed by atoms with E-state index in [2.05, 4.69) is 11.4 Å². The van der Waals surface area contributed by atoms with Crippen LogP contribution in [0.25, 0.3) is 0 Å². The van der Waals surface area contributed by atoms with Crippen molar-refractivity contribution < 1.29 is 9.53 Å². The van der Waals surface area contributed by atoms with Crippen LogP contribution in [-0.4, -0.2) is 12.1 Å². The highest BCUT2D eigenvalue weighted by Gasteiger charge is 2.13. The molecule has 1 unspecified atom stereocenters. The van der Waals surface area contributed by atoms with Crippen LogP contribution < -0.4 is 5.32 Å². The van der Waals surface area contributed by atoms with Gasteiger partial charge in [0.1, 0.15) is 12.6 Å². The van der Waals surface area contributed by atoms with Crippen molar-refractivity contribution in [1.29, 1.82) is 5.26 Å². The van der Waals surface area contributed by atoms with Gasteiger partial charge in [-0.05, 0) is 11.1 Å². The standard InChI is InChI=1S/C17H16N2O2/c18-12-16(11-14-7-3-1-4-8-14)19-17(20)21-13-15-9-5-2-6-10-15/h1-10,16H,11,13H2,(H,19,20). The number of hydrogen-bond acceptors (Lipinski definition) is 3. The van der Waals surface area contributed by atoms with E-state index in [1.807, 2.05) is 60.7 Å². The van der Waals surface area contributed by atoms with Crippen LogP contribution in [-0.2, 0) is 17.8 Å². The predicted molar refractivity (Wildman–Crippen MR) is 79.3 cm³/mol. The lowest BCUT2D eigenvalue weighted by atomic mass is 10.1. The predicted octanol–water partition coefficient (Wildman–Crippen LogP) is 3.05. The van der Waals surface area contributed by atoms with E-state index in [1.54, 1.807) is 0 Å². The Balaban J connectivity index is 1.81. The molecule has 0 aromatic heterocycles. The Morgan fingerprint density at radius 3 is 2.19 bits per heavy atom. The van der Waals surface area contributed by atoms with E-state index >= 15 is 0 Å². The van der Waals surface area contributed by atoms with Gasteiger partial charge < -0.3 is 10.1 Å². The topological polar surface area (TPSA) is 62.1 Å². The highest BCUT2D eigenvalue weighted by atomic mass is 16.5. The average molecular weight is 280 g/mol. The van der Waals surface area contributed by atoms with Gasteiger partial charge in [0.25, 0.3) is 0 Å². The number of benzene rings is 2. The van der Waals surface area contributed by atoms with Crippen molar-refractivity contribution in [2.45, 2.75) is 19.1 Å². The highest BCUT2D eigenvalue weighted by molar-refractivity contribution is 5.68. The van der Waals surface area contributed by atoms with E-state index in [0.717, 1.165) is 11.1 Å². The molecule has 0 aliphatic carbocycles. The maximum Gasteiger partial charge on any atom is 0.408 e. The van der Waals surface area contributed by atoms with E-state index in [0.29, 0.717) is 6.42 Å². The second-order valence-electron chi connectivity index (χ2n) is 4.58. The largest absolute Gasteiger partial charge is 0.445 e. The SMILES string of the molecule is N#CC(Cc1ccccc1)NC(=O)OCc1ccccc1. The molecule has 0 saturated carbocycles. The van der Waals surface area contributed by atoms with Crippen molar-refractivity contribution >= 4 is 6.09 Å². The minimum atomic E-state index is -0.601. The lowest BCUT2D eigenvalue weighted by Gasteiger charge is -2.12. The molecule has 4 heteroatoms. The minimum absolute atomic E-state index is 0.191. The van der Waals surface area contributed by atoms with Crippen molar-refractivity contribution in [3.63, 3.8) is 0 Å². The van der Waals surface area contributed by atoms with E-state index in [1.165, 1.54) is 0 Å². The van der Waals surface area contributed by atoms with E-state index < -0.39 is 12.1 Å². The van der Waals surface area contributed by atoms with E-state index in [9.17, 15) is 4.79 Å². The Bertz CT molecular complexity index is 606. The smallest absolute Gasteiger partial charge is 0.408 e. The highest BCUT2D eigenvalue weighted by Crippen LogP contribution is 2.04. The van der Waals surface area contributed by atoms with Crippen molar-refractivity contribution in [1.82, 2.24) is 5.32 Å². The number of ether oxygens (including phenoxy) is 1. The molecule has 4 nitrogen and oxygen atoms in total. The Hall–Kier alpha value is -2.80. The van der Waals surface area contributed by atoms with Gasteiger partial charge in [0, 0.05) is 6.42 Å². The third-order valence-electron chi connectivity index (χ3n) is 2.94. The minimum Gasteiger partial charge on any atom is -0.445 e. The summed E-state index contributed by atoms with van der Waals surface area (Å²) in [7, 11) is 0.